The Hall–Kier alpha value is -1.80. The first-order chi connectivity index (χ1) is 9.72. The lowest BCUT2D eigenvalue weighted by Gasteiger charge is -2.14. The van der Waals surface area contributed by atoms with Crippen molar-refractivity contribution in [3.63, 3.8) is 0 Å². The van der Waals surface area contributed by atoms with E-state index in [0.29, 0.717) is 0 Å². The first kappa shape index (κ1) is 13.2. The van der Waals surface area contributed by atoms with Gasteiger partial charge in [-0.05, 0) is 42.0 Å². The van der Waals surface area contributed by atoms with Crippen molar-refractivity contribution in [1.82, 2.24) is 0 Å². The molecule has 20 heavy (non-hydrogen) atoms. The average molecular weight is 266 g/mol. The average Bonchev–Trinajstić information content (AvgIpc) is 2.81. The molecule has 0 saturated carbocycles. The first-order valence-electron chi connectivity index (χ1n) is 7.35. The van der Waals surface area contributed by atoms with Gasteiger partial charge in [0, 0.05) is 25.3 Å². The van der Waals surface area contributed by atoms with Crippen LogP contribution in [0.1, 0.15) is 16.7 Å². The Labute approximate surface area is 121 Å². The minimum atomic E-state index is 0.189. The van der Waals surface area contributed by atoms with Crippen LogP contribution in [-0.4, -0.2) is 19.6 Å². The number of fused-ring (bicyclic) bond motifs is 1. The molecule has 1 aliphatic rings. The zero-order valence-electron chi connectivity index (χ0n) is 12.0. The van der Waals surface area contributed by atoms with E-state index in [-0.39, 0.29) is 6.04 Å². The Morgan fingerprint density at radius 1 is 1.05 bits per heavy atom. The second-order valence-electron chi connectivity index (χ2n) is 5.79. The van der Waals surface area contributed by atoms with Crippen molar-refractivity contribution in [3.05, 3.63) is 65.2 Å². The molecule has 3 rings (SSSR count). The van der Waals surface area contributed by atoms with Gasteiger partial charge in [-0.25, -0.2) is 0 Å². The molecule has 1 unspecified atom stereocenters. The number of anilines is 1. The molecule has 0 bridgehead atoms. The van der Waals surface area contributed by atoms with Crippen LogP contribution in [0.5, 0.6) is 0 Å². The summed E-state index contributed by atoms with van der Waals surface area (Å²) in [5, 5.41) is 0. The highest BCUT2D eigenvalue weighted by Crippen LogP contribution is 2.27. The van der Waals surface area contributed by atoms with Crippen molar-refractivity contribution < 1.29 is 0 Å². The van der Waals surface area contributed by atoms with Crippen LogP contribution in [0.2, 0.25) is 0 Å². The Morgan fingerprint density at radius 2 is 1.80 bits per heavy atom. The van der Waals surface area contributed by atoms with Gasteiger partial charge in [-0.2, -0.15) is 0 Å². The maximum absolute atomic E-state index is 6.30. The standard InChI is InChI=1S/C18H22N2/c1-20-10-9-16-11-15(7-8-18(16)20)13-17(19)12-14-5-3-2-4-6-14/h2-8,11,17H,9-10,12-13,19H2,1H3. The number of benzene rings is 2. The number of hydrogen-bond acceptors (Lipinski definition) is 2. The summed E-state index contributed by atoms with van der Waals surface area (Å²) in [4.78, 5) is 2.32. The van der Waals surface area contributed by atoms with Crippen LogP contribution in [0.4, 0.5) is 5.69 Å². The molecule has 1 atom stereocenters. The fourth-order valence-corrected chi connectivity index (χ4v) is 3.04. The minimum Gasteiger partial charge on any atom is -0.374 e. The third-order valence-electron chi connectivity index (χ3n) is 4.11. The third kappa shape index (κ3) is 2.86. The van der Waals surface area contributed by atoms with E-state index < -0.39 is 0 Å². The van der Waals surface area contributed by atoms with Crippen molar-refractivity contribution in [1.29, 1.82) is 0 Å². The number of hydrogen-bond donors (Lipinski definition) is 1. The van der Waals surface area contributed by atoms with Gasteiger partial charge in [0.05, 0.1) is 0 Å². The van der Waals surface area contributed by atoms with Crippen LogP contribution in [0.25, 0.3) is 0 Å². The quantitative estimate of drug-likeness (QED) is 0.922. The minimum absolute atomic E-state index is 0.189. The van der Waals surface area contributed by atoms with E-state index in [2.05, 4.69) is 54.4 Å². The maximum Gasteiger partial charge on any atom is 0.0397 e. The van der Waals surface area contributed by atoms with E-state index >= 15 is 0 Å². The van der Waals surface area contributed by atoms with Crippen molar-refractivity contribution in [2.45, 2.75) is 25.3 Å². The molecule has 0 amide bonds. The summed E-state index contributed by atoms with van der Waals surface area (Å²) in [6.07, 6.45) is 3.05. The summed E-state index contributed by atoms with van der Waals surface area (Å²) >= 11 is 0. The largest absolute Gasteiger partial charge is 0.374 e. The SMILES string of the molecule is CN1CCc2cc(CC(N)Cc3ccccc3)ccc21. The van der Waals surface area contributed by atoms with E-state index in [0.717, 1.165) is 25.8 Å². The lowest BCUT2D eigenvalue weighted by molar-refractivity contribution is 0.664. The Bertz CT molecular complexity index is 577. The lowest BCUT2D eigenvalue weighted by Crippen LogP contribution is -2.25. The van der Waals surface area contributed by atoms with Crippen LogP contribution in [0.15, 0.2) is 48.5 Å². The summed E-state index contributed by atoms with van der Waals surface area (Å²) < 4.78 is 0. The summed E-state index contributed by atoms with van der Waals surface area (Å²) in [6, 6.07) is 17.5. The van der Waals surface area contributed by atoms with E-state index in [9.17, 15) is 0 Å². The van der Waals surface area contributed by atoms with Gasteiger partial charge in [0.2, 0.25) is 0 Å². The monoisotopic (exact) mass is 266 g/mol. The van der Waals surface area contributed by atoms with Gasteiger partial charge in [-0.3, -0.25) is 0 Å². The Morgan fingerprint density at radius 3 is 2.60 bits per heavy atom. The van der Waals surface area contributed by atoms with E-state index in [4.69, 9.17) is 5.73 Å². The highest BCUT2D eigenvalue weighted by atomic mass is 15.1. The maximum atomic E-state index is 6.30. The highest BCUT2D eigenvalue weighted by Gasteiger charge is 2.16. The van der Waals surface area contributed by atoms with Gasteiger partial charge in [0.25, 0.3) is 0 Å². The predicted octanol–water partition coefficient (Wildman–Crippen LogP) is 2.79. The van der Waals surface area contributed by atoms with Gasteiger partial charge in [-0.1, -0.05) is 42.5 Å². The molecule has 104 valence electrons. The summed E-state index contributed by atoms with van der Waals surface area (Å²) in [5.74, 6) is 0. The van der Waals surface area contributed by atoms with Crippen molar-refractivity contribution >= 4 is 5.69 Å². The van der Waals surface area contributed by atoms with Crippen LogP contribution >= 0.6 is 0 Å². The fraction of sp³-hybridized carbons (Fsp3) is 0.333. The Balaban J connectivity index is 1.66. The molecular formula is C18H22N2. The summed E-state index contributed by atoms with van der Waals surface area (Å²) in [6.45, 7) is 1.13. The van der Waals surface area contributed by atoms with Gasteiger partial charge in [0.15, 0.2) is 0 Å². The van der Waals surface area contributed by atoms with E-state index in [1.54, 1.807) is 0 Å². The molecule has 1 aliphatic heterocycles. The molecule has 2 aromatic carbocycles. The molecule has 1 heterocycles. The molecule has 2 aromatic rings. The van der Waals surface area contributed by atoms with Crippen molar-refractivity contribution in [2.24, 2.45) is 5.73 Å². The molecule has 0 aromatic heterocycles. The molecule has 0 radical (unpaired) electrons. The molecule has 2 N–H and O–H groups in total. The van der Waals surface area contributed by atoms with E-state index in [1.165, 1.54) is 22.4 Å². The zero-order chi connectivity index (χ0) is 13.9. The second-order valence-corrected chi connectivity index (χ2v) is 5.79. The van der Waals surface area contributed by atoms with Gasteiger partial charge < -0.3 is 10.6 Å². The normalized spacial score (nSPS) is 15.2. The molecular weight excluding hydrogens is 244 g/mol. The van der Waals surface area contributed by atoms with Crippen LogP contribution < -0.4 is 10.6 Å². The van der Waals surface area contributed by atoms with Crippen molar-refractivity contribution in [3.8, 4) is 0 Å². The van der Waals surface area contributed by atoms with Gasteiger partial charge in [-0.15, -0.1) is 0 Å². The molecule has 0 spiro atoms. The number of nitrogens with zero attached hydrogens (tertiary/aromatic N) is 1. The molecule has 2 heteroatoms. The molecule has 2 nitrogen and oxygen atoms in total. The second kappa shape index (κ2) is 5.68. The lowest BCUT2D eigenvalue weighted by atomic mass is 9.98. The fourth-order valence-electron chi connectivity index (χ4n) is 3.04. The molecule has 0 saturated heterocycles. The zero-order valence-corrected chi connectivity index (χ0v) is 12.0. The van der Waals surface area contributed by atoms with Gasteiger partial charge in [0.1, 0.15) is 0 Å². The smallest absolute Gasteiger partial charge is 0.0397 e. The first-order valence-corrected chi connectivity index (χ1v) is 7.35. The van der Waals surface area contributed by atoms with Crippen molar-refractivity contribution in [2.75, 3.05) is 18.5 Å². The number of rotatable bonds is 4. The molecule has 0 fully saturated rings. The van der Waals surface area contributed by atoms with Crippen LogP contribution in [0, 0.1) is 0 Å². The predicted molar refractivity (Wildman–Crippen MR) is 85.2 cm³/mol. The highest BCUT2D eigenvalue weighted by molar-refractivity contribution is 5.58. The van der Waals surface area contributed by atoms with Gasteiger partial charge >= 0.3 is 0 Å². The third-order valence-corrected chi connectivity index (χ3v) is 4.11. The van der Waals surface area contributed by atoms with E-state index in [1.807, 2.05) is 6.07 Å². The topological polar surface area (TPSA) is 29.3 Å². The summed E-state index contributed by atoms with van der Waals surface area (Å²) in [5.41, 5.74) is 11.8. The molecule has 0 aliphatic carbocycles. The van der Waals surface area contributed by atoms with Crippen LogP contribution in [-0.2, 0) is 19.3 Å². The number of nitrogens with two attached hydrogens (primary N) is 1. The summed E-state index contributed by atoms with van der Waals surface area (Å²) in [7, 11) is 2.16. The Kier molecular flexibility index (Phi) is 3.75. The number of likely N-dealkylation sites (N-methyl/N-ethyl adjacent to an activating group) is 1. The van der Waals surface area contributed by atoms with Crippen LogP contribution in [0.3, 0.4) is 0 Å².